The Balaban J connectivity index is 2.26. The van der Waals surface area contributed by atoms with Gasteiger partial charge in [-0.3, -0.25) is 4.79 Å². The maximum absolute atomic E-state index is 11.6. The lowest BCUT2D eigenvalue weighted by molar-refractivity contribution is -0.131. The molecule has 1 rings (SSSR count). The van der Waals surface area contributed by atoms with Crippen LogP contribution < -0.4 is 5.73 Å². The van der Waals surface area contributed by atoms with Gasteiger partial charge in [0.25, 0.3) is 0 Å². The van der Waals surface area contributed by atoms with Crippen molar-refractivity contribution in [1.82, 2.24) is 4.90 Å². The molecule has 3 nitrogen and oxygen atoms in total. The molecule has 0 aromatic heterocycles. The summed E-state index contributed by atoms with van der Waals surface area (Å²) in [7, 11) is 1.86. The molecular weight excluding hydrogens is 164 g/mol. The topological polar surface area (TPSA) is 46.3 Å². The van der Waals surface area contributed by atoms with E-state index in [4.69, 9.17) is 5.73 Å². The fourth-order valence-corrected chi connectivity index (χ4v) is 1.50. The third-order valence-electron chi connectivity index (χ3n) is 2.52. The van der Waals surface area contributed by atoms with Crippen LogP contribution in [0, 0.1) is 5.92 Å². The van der Waals surface area contributed by atoms with Crippen molar-refractivity contribution in [2.75, 3.05) is 13.6 Å². The van der Waals surface area contributed by atoms with Gasteiger partial charge in [0.15, 0.2) is 0 Å². The summed E-state index contributed by atoms with van der Waals surface area (Å²) < 4.78 is 0. The second kappa shape index (κ2) is 4.61. The Labute approximate surface area is 80.3 Å². The normalized spacial score (nSPS) is 18.4. The van der Waals surface area contributed by atoms with Crippen molar-refractivity contribution in [3.8, 4) is 0 Å². The zero-order valence-corrected chi connectivity index (χ0v) is 8.62. The molecule has 1 atom stereocenters. The van der Waals surface area contributed by atoms with Crippen LogP contribution in [0.15, 0.2) is 0 Å². The van der Waals surface area contributed by atoms with E-state index in [0.29, 0.717) is 0 Å². The van der Waals surface area contributed by atoms with Crippen molar-refractivity contribution in [1.29, 1.82) is 0 Å². The summed E-state index contributed by atoms with van der Waals surface area (Å²) in [6.07, 6.45) is 4.33. The highest BCUT2D eigenvalue weighted by molar-refractivity contribution is 5.81. The molecule has 1 saturated carbocycles. The van der Waals surface area contributed by atoms with E-state index < -0.39 is 0 Å². The molecule has 1 amide bonds. The van der Waals surface area contributed by atoms with E-state index in [2.05, 4.69) is 0 Å². The Kier molecular flexibility index (Phi) is 3.72. The first-order valence-corrected chi connectivity index (χ1v) is 5.15. The van der Waals surface area contributed by atoms with Gasteiger partial charge < -0.3 is 10.6 Å². The number of nitrogens with zero attached hydrogens (tertiary/aromatic N) is 1. The first kappa shape index (κ1) is 10.5. The molecule has 1 fully saturated rings. The van der Waals surface area contributed by atoms with Gasteiger partial charge in [-0.25, -0.2) is 0 Å². The SMILES string of the molecule is CCC[C@H](N)C(=O)N(C)CC1CC1. The largest absolute Gasteiger partial charge is 0.344 e. The quantitative estimate of drug-likeness (QED) is 0.692. The van der Waals surface area contributed by atoms with Gasteiger partial charge in [0, 0.05) is 13.6 Å². The lowest BCUT2D eigenvalue weighted by Crippen LogP contribution is -2.42. The van der Waals surface area contributed by atoms with Gasteiger partial charge in [-0.1, -0.05) is 13.3 Å². The molecule has 3 heteroatoms. The summed E-state index contributed by atoms with van der Waals surface area (Å²) in [6.45, 7) is 2.95. The van der Waals surface area contributed by atoms with E-state index in [9.17, 15) is 4.79 Å². The number of hydrogen-bond acceptors (Lipinski definition) is 2. The van der Waals surface area contributed by atoms with Crippen LogP contribution in [0.1, 0.15) is 32.6 Å². The fourth-order valence-electron chi connectivity index (χ4n) is 1.50. The molecule has 0 heterocycles. The zero-order valence-electron chi connectivity index (χ0n) is 8.62. The van der Waals surface area contributed by atoms with Crippen molar-refractivity contribution in [2.45, 2.75) is 38.6 Å². The molecule has 0 aromatic carbocycles. The minimum absolute atomic E-state index is 0.105. The summed E-state index contributed by atoms with van der Waals surface area (Å²) in [5, 5.41) is 0. The van der Waals surface area contributed by atoms with Crippen LogP contribution in [0.25, 0.3) is 0 Å². The van der Waals surface area contributed by atoms with Crippen LogP contribution in [0.3, 0.4) is 0 Å². The molecule has 1 aliphatic rings. The van der Waals surface area contributed by atoms with Crippen LogP contribution in [0.5, 0.6) is 0 Å². The monoisotopic (exact) mass is 184 g/mol. The van der Waals surface area contributed by atoms with Gasteiger partial charge in [-0.05, 0) is 25.2 Å². The maximum atomic E-state index is 11.6. The minimum atomic E-state index is -0.284. The molecule has 2 N–H and O–H groups in total. The molecule has 0 unspecified atom stereocenters. The van der Waals surface area contributed by atoms with Crippen molar-refractivity contribution >= 4 is 5.91 Å². The molecular formula is C10H20N2O. The number of carbonyl (C=O) groups is 1. The van der Waals surface area contributed by atoms with Crippen molar-refractivity contribution < 1.29 is 4.79 Å². The van der Waals surface area contributed by atoms with E-state index in [-0.39, 0.29) is 11.9 Å². The second-order valence-electron chi connectivity index (χ2n) is 4.06. The number of rotatable bonds is 5. The molecule has 0 bridgehead atoms. The van der Waals surface area contributed by atoms with E-state index in [1.54, 1.807) is 4.90 Å². The predicted octanol–water partition coefficient (Wildman–Crippen LogP) is 0.982. The number of likely N-dealkylation sites (N-methyl/N-ethyl adjacent to an activating group) is 1. The maximum Gasteiger partial charge on any atom is 0.239 e. The van der Waals surface area contributed by atoms with Gasteiger partial charge in [0.05, 0.1) is 6.04 Å². The molecule has 0 radical (unpaired) electrons. The molecule has 13 heavy (non-hydrogen) atoms. The highest BCUT2D eigenvalue weighted by Crippen LogP contribution is 2.29. The Morgan fingerprint density at radius 2 is 2.23 bits per heavy atom. The summed E-state index contributed by atoms with van der Waals surface area (Å²) >= 11 is 0. The minimum Gasteiger partial charge on any atom is -0.344 e. The van der Waals surface area contributed by atoms with Gasteiger partial charge >= 0.3 is 0 Å². The first-order valence-electron chi connectivity index (χ1n) is 5.15. The molecule has 0 aromatic rings. The molecule has 1 aliphatic carbocycles. The Hall–Kier alpha value is -0.570. The summed E-state index contributed by atoms with van der Waals surface area (Å²) in [6, 6.07) is -0.284. The zero-order chi connectivity index (χ0) is 9.84. The van der Waals surface area contributed by atoms with E-state index in [1.165, 1.54) is 12.8 Å². The lowest BCUT2D eigenvalue weighted by Gasteiger charge is -2.20. The Bertz CT molecular complexity index is 178. The highest BCUT2D eigenvalue weighted by atomic mass is 16.2. The molecule has 76 valence electrons. The predicted molar refractivity (Wildman–Crippen MR) is 53.2 cm³/mol. The third-order valence-corrected chi connectivity index (χ3v) is 2.52. The Morgan fingerprint density at radius 3 is 2.69 bits per heavy atom. The van der Waals surface area contributed by atoms with Crippen molar-refractivity contribution in [3.05, 3.63) is 0 Å². The number of carbonyl (C=O) groups excluding carboxylic acids is 1. The van der Waals surface area contributed by atoms with Crippen molar-refractivity contribution in [2.24, 2.45) is 11.7 Å². The van der Waals surface area contributed by atoms with E-state index >= 15 is 0 Å². The number of nitrogens with two attached hydrogens (primary N) is 1. The number of hydrogen-bond donors (Lipinski definition) is 1. The Morgan fingerprint density at radius 1 is 1.62 bits per heavy atom. The van der Waals surface area contributed by atoms with Crippen LogP contribution in [-0.2, 0) is 4.79 Å². The summed E-state index contributed by atoms with van der Waals surface area (Å²) in [5.74, 6) is 0.858. The molecule has 0 spiro atoms. The molecule has 0 aliphatic heterocycles. The first-order chi connectivity index (χ1) is 6.15. The van der Waals surface area contributed by atoms with Gasteiger partial charge in [0.2, 0.25) is 5.91 Å². The average Bonchev–Trinajstić information content (AvgIpc) is 2.87. The highest BCUT2D eigenvalue weighted by Gasteiger charge is 2.26. The standard InChI is InChI=1S/C10H20N2O/c1-3-4-9(11)10(13)12(2)7-8-5-6-8/h8-9H,3-7,11H2,1-2H3/t9-/m0/s1. The number of amides is 1. The van der Waals surface area contributed by atoms with E-state index in [0.717, 1.165) is 25.3 Å². The van der Waals surface area contributed by atoms with Crippen molar-refractivity contribution in [3.63, 3.8) is 0 Å². The lowest BCUT2D eigenvalue weighted by atomic mass is 10.1. The van der Waals surface area contributed by atoms with Crippen LogP contribution in [0.2, 0.25) is 0 Å². The van der Waals surface area contributed by atoms with Gasteiger partial charge in [-0.15, -0.1) is 0 Å². The van der Waals surface area contributed by atoms with E-state index in [1.807, 2.05) is 14.0 Å². The third kappa shape index (κ3) is 3.35. The fraction of sp³-hybridized carbons (Fsp3) is 0.900. The smallest absolute Gasteiger partial charge is 0.239 e. The van der Waals surface area contributed by atoms with Gasteiger partial charge in [0.1, 0.15) is 0 Å². The average molecular weight is 184 g/mol. The van der Waals surface area contributed by atoms with Crippen LogP contribution >= 0.6 is 0 Å². The van der Waals surface area contributed by atoms with Crippen LogP contribution in [-0.4, -0.2) is 30.4 Å². The molecule has 0 saturated heterocycles. The van der Waals surface area contributed by atoms with Crippen LogP contribution in [0.4, 0.5) is 0 Å². The van der Waals surface area contributed by atoms with Gasteiger partial charge in [-0.2, -0.15) is 0 Å². The summed E-state index contributed by atoms with van der Waals surface area (Å²) in [4.78, 5) is 13.4. The summed E-state index contributed by atoms with van der Waals surface area (Å²) in [5.41, 5.74) is 5.73. The second-order valence-corrected chi connectivity index (χ2v) is 4.06.